The highest BCUT2D eigenvalue weighted by molar-refractivity contribution is 5.89. The highest BCUT2D eigenvalue weighted by Crippen LogP contribution is 2.21. The van der Waals surface area contributed by atoms with Gasteiger partial charge in [-0.15, -0.1) is 12.4 Å². The maximum Gasteiger partial charge on any atom is 0.335 e. The van der Waals surface area contributed by atoms with E-state index in [4.69, 9.17) is 5.11 Å². The van der Waals surface area contributed by atoms with Crippen molar-refractivity contribution in [1.82, 2.24) is 4.57 Å². The summed E-state index contributed by atoms with van der Waals surface area (Å²) in [5.41, 5.74) is 2.56. The normalized spacial score (nSPS) is 10.0. The number of aromatic nitrogens is 1. The predicted octanol–water partition coefficient (Wildman–Crippen LogP) is 3.84. The Labute approximate surface area is 145 Å². The third-order valence-electron chi connectivity index (χ3n) is 3.66. The number of hydrogen-bond donors (Lipinski definition) is 1. The molecule has 0 saturated carbocycles. The van der Waals surface area contributed by atoms with Crippen LogP contribution in [-0.2, 0) is 7.05 Å². The molecular formula is C19H16ClNO3. The minimum Gasteiger partial charge on any atom is -0.478 e. The van der Waals surface area contributed by atoms with Crippen LogP contribution in [0.2, 0.25) is 0 Å². The predicted molar refractivity (Wildman–Crippen MR) is 96.8 cm³/mol. The van der Waals surface area contributed by atoms with Gasteiger partial charge in [0.1, 0.15) is 0 Å². The van der Waals surface area contributed by atoms with E-state index in [-0.39, 0.29) is 23.4 Å². The second-order valence-corrected chi connectivity index (χ2v) is 5.33. The maximum absolute atomic E-state index is 12.8. The zero-order valence-corrected chi connectivity index (χ0v) is 13.8. The molecule has 0 aliphatic heterocycles. The first kappa shape index (κ1) is 17.5. The summed E-state index contributed by atoms with van der Waals surface area (Å²) in [6.07, 6.45) is 3.50. The quantitative estimate of drug-likeness (QED) is 0.787. The number of carboxylic acid groups (broad SMARTS) is 1. The fraction of sp³-hybridized carbons (Fsp3) is 0.0526. The van der Waals surface area contributed by atoms with Crippen molar-refractivity contribution in [2.45, 2.75) is 0 Å². The number of nitrogens with zero attached hydrogens (tertiary/aromatic N) is 1. The van der Waals surface area contributed by atoms with Gasteiger partial charge in [-0.05, 0) is 23.3 Å². The van der Waals surface area contributed by atoms with E-state index in [1.807, 2.05) is 41.9 Å². The van der Waals surface area contributed by atoms with Crippen molar-refractivity contribution < 1.29 is 9.90 Å². The Kier molecular flexibility index (Phi) is 5.21. The standard InChI is InChI=1S/C19H15NO3.ClH/c1-20-11-16(13-6-3-2-4-7-13)18(21)17(12-20)14-8-5-9-15(10-14)19(22)23;/h2-12H,1H3,(H,22,23);1H. The van der Waals surface area contributed by atoms with Crippen LogP contribution in [0.3, 0.4) is 0 Å². The van der Waals surface area contributed by atoms with Crippen molar-refractivity contribution >= 4 is 18.4 Å². The lowest BCUT2D eigenvalue weighted by molar-refractivity contribution is 0.0697. The van der Waals surface area contributed by atoms with Gasteiger partial charge in [0.25, 0.3) is 0 Å². The van der Waals surface area contributed by atoms with Crippen LogP contribution < -0.4 is 5.43 Å². The summed E-state index contributed by atoms with van der Waals surface area (Å²) in [5, 5.41) is 9.13. The second-order valence-electron chi connectivity index (χ2n) is 5.33. The third-order valence-corrected chi connectivity index (χ3v) is 3.66. The van der Waals surface area contributed by atoms with Gasteiger partial charge in [-0.3, -0.25) is 4.79 Å². The molecule has 0 bridgehead atoms. The highest BCUT2D eigenvalue weighted by atomic mass is 35.5. The number of hydrogen-bond acceptors (Lipinski definition) is 2. The van der Waals surface area contributed by atoms with E-state index in [0.29, 0.717) is 16.7 Å². The smallest absolute Gasteiger partial charge is 0.335 e. The molecule has 1 N–H and O–H groups in total. The molecule has 4 nitrogen and oxygen atoms in total. The van der Waals surface area contributed by atoms with Crippen LogP contribution >= 0.6 is 12.4 Å². The molecule has 24 heavy (non-hydrogen) atoms. The van der Waals surface area contributed by atoms with Gasteiger partial charge >= 0.3 is 5.97 Å². The van der Waals surface area contributed by atoms with Crippen molar-refractivity contribution in [1.29, 1.82) is 0 Å². The molecule has 0 radical (unpaired) electrons. The van der Waals surface area contributed by atoms with Gasteiger partial charge in [-0.25, -0.2) is 4.79 Å². The number of aryl methyl sites for hydroxylation is 1. The molecule has 122 valence electrons. The molecular weight excluding hydrogens is 326 g/mol. The average molecular weight is 342 g/mol. The Balaban J connectivity index is 0.00000208. The van der Waals surface area contributed by atoms with Gasteiger partial charge in [0.2, 0.25) is 0 Å². The maximum atomic E-state index is 12.8. The van der Waals surface area contributed by atoms with Gasteiger partial charge in [0.05, 0.1) is 5.56 Å². The van der Waals surface area contributed by atoms with E-state index in [1.54, 1.807) is 24.5 Å². The number of halogens is 1. The topological polar surface area (TPSA) is 59.3 Å². The number of benzene rings is 2. The summed E-state index contributed by atoms with van der Waals surface area (Å²) in [4.78, 5) is 24.0. The molecule has 5 heteroatoms. The van der Waals surface area contributed by atoms with Crippen LogP contribution in [0.5, 0.6) is 0 Å². The molecule has 0 aliphatic carbocycles. The van der Waals surface area contributed by atoms with Gasteiger partial charge in [-0.1, -0.05) is 42.5 Å². The monoisotopic (exact) mass is 341 g/mol. The number of pyridine rings is 1. The van der Waals surface area contributed by atoms with Gasteiger partial charge < -0.3 is 9.67 Å². The van der Waals surface area contributed by atoms with Crippen LogP contribution in [0.25, 0.3) is 22.3 Å². The van der Waals surface area contributed by atoms with Crippen LogP contribution in [0.15, 0.2) is 71.8 Å². The SMILES string of the molecule is Cl.Cn1cc(-c2ccccc2)c(=O)c(-c2cccc(C(=O)O)c2)c1. The van der Waals surface area contributed by atoms with E-state index < -0.39 is 5.97 Å². The molecule has 3 aromatic rings. The summed E-state index contributed by atoms with van der Waals surface area (Å²) in [6, 6.07) is 15.9. The average Bonchev–Trinajstić information content (AvgIpc) is 2.57. The Bertz CT molecular complexity index is 933. The summed E-state index contributed by atoms with van der Waals surface area (Å²) >= 11 is 0. The van der Waals surface area contributed by atoms with Gasteiger partial charge in [0.15, 0.2) is 5.43 Å². The third kappa shape index (κ3) is 3.39. The lowest BCUT2D eigenvalue weighted by Gasteiger charge is -2.09. The van der Waals surface area contributed by atoms with Crippen molar-refractivity contribution in [2.75, 3.05) is 0 Å². The Morgan fingerprint density at radius 3 is 2.12 bits per heavy atom. The molecule has 2 aromatic carbocycles. The zero-order valence-electron chi connectivity index (χ0n) is 13.0. The molecule has 0 aliphatic rings. The Morgan fingerprint density at radius 2 is 1.50 bits per heavy atom. The number of aromatic carboxylic acids is 1. The Hall–Kier alpha value is -2.85. The molecule has 0 amide bonds. The van der Waals surface area contributed by atoms with Crippen molar-refractivity contribution in [3.63, 3.8) is 0 Å². The lowest BCUT2D eigenvalue weighted by atomic mass is 9.99. The van der Waals surface area contributed by atoms with E-state index in [9.17, 15) is 9.59 Å². The van der Waals surface area contributed by atoms with Crippen molar-refractivity contribution in [3.05, 3.63) is 82.8 Å². The van der Waals surface area contributed by atoms with E-state index >= 15 is 0 Å². The van der Waals surface area contributed by atoms with Crippen LogP contribution in [0.4, 0.5) is 0 Å². The van der Waals surface area contributed by atoms with E-state index in [1.165, 1.54) is 12.1 Å². The lowest BCUT2D eigenvalue weighted by Crippen LogP contribution is -2.12. The number of rotatable bonds is 3. The van der Waals surface area contributed by atoms with Crippen LogP contribution in [-0.4, -0.2) is 15.6 Å². The van der Waals surface area contributed by atoms with Crippen LogP contribution in [0.1, 0.15) is 10.4 Å². The second kappa shape index (κ2) is 7.15. The molecule has 1 heterocycles. The molecule has 1 aromatic heterocycles. The molecule has 0 unspecified atom stereocenters. The van der Waals surface area contributed by atoms with Gasteiger partial charge in [-0.2, -0.15) is 0 Å². The molecule has 0 atom stereocenters. The first-order valence-electron chi connectivity index (χ1n) is 7.15. The minimum absolute atomic E-state index is 0. The minimum atomic E-state index is -1.01. The fourth-order valence-corrected chi connectivity index (χ4v) is 2.56. The highest BCUT2D eigenvalue weighted by Gasteiger charge is 2.12. The molecule has 0 spiro atoms. The summed E-state index contributed by atoms with van der Waals surface area (Å²) in [5.74, 6) is -1.01. The largest absolute Gasteiger partial charge is 0.478 e. The Morgan fingerprint density at radius 1 is 0.917 bits per heavy atom. The number of carbonyl (C=O) groups is 1. The van der Waals surface area contributed by atoms with Crippen LogP contribution in [0, 0.1) is 0 Å². The molecule has 3 rings (SSSR count). The number of carboxylic acids is 1. The first-order chi connectivity index (χ1) is 11.1. The summed E-state index contributed by atoms with van der Waals surface area (Å²) in [6.45, 7) is 0. The zero-order chi connectivity index (χ0) is 16.4. The summed E-state index contributed by atoms with van der Waals surface area (Å²) in [7, 11) is 1.84. The fourth-order valence-electron chi connectivity index (χ4n) is 2.56. The first-order valence-corrected chi connectivity index (χ1v) is 7.15. The van der Waals surface area contributed by atoms with Crippen molar-refractivity contribution in [2.24, 2.45) is 7.05 Å². The molecule has 0 fully saturated rings. The molecule has 0 saturated heterocycles. The van der Waals surface area contributed by atoms with E-state index in [0.717, 1.165) is 5.56 Å². The summed E-state index contributed by atoms with van der Waals surface area (Å²) < 4.78 is 1.81. The van der Waals surface area contributed by atoms with Crippen molar-refractivity contribution in [3.8, 4) is 22.3 Å². The van der Waals surface area contributed by atoms with E-state index in [2.05, 4.69) is 0 Å². The van der Waals surface area contributed by atoms with Gasteiger partial charge in [0, 0.05) is 30.6 Å².